The Labute approximate surface area is 121 Å². The average Bonchev–Trinajstić information content (AvgIpc) is 2.98. The van der Waals surface area contributed by atoms with Gasteiger partial charge in [-0.05, 0) is 56.3 Å². The summed E-state index contributed by atoms with van der Waals surface area (Å²) in [4.78, 5) is 2.49. The van der Waals surface area contributed by atoms with Gasteiger partial charge in [-0.25, -0.2) is 0 Å². The van der Waals surface area contributed by atoms with Crippen molar-refractivity contribution in [1.29, 1.82) is 0 Å². The molecule has 1 saturated carbocycles. The van der Waals surface area contributed by atoms with Crippen LogP contribution in [0.25, 0.3) is 0 Å². The Morgan fingerprint density at radius 1 is 1.26 bits per heavy atom. The van der Waals surface area contributed by atoms with Crippen LogP contribution in [-0.2, 0) is 0 Å². The van der Waals surface area contributed by atoms with Crippen molar-refractivity contribution in [2.45, 2.75) is 32.2 Å². The molecular formula is C16H23ClN2. The summed E-state index contributed by atoms with van der Waals surface area (Å²) >= 11 is 6.50. The van der Waals surface area contributed by atoms with Crippen LogP contribution in [-0.4, -0.2) is 20.1 Å². The summed E-state index contributed by atoms with van der Waals surface area (Å²) in [5, 5.41) is 4.16. The minimum atomic E-state index is 0.351. The van der Waals surface area contributed by atoms with E-state index in [-0.39, 0.29) is 0 Å². The van der Waals surface area contributed by atoms with E-state index in [4.69, 9.17) is 11.6 Å². The fraction of sp³-hybridized carbons (Fsp3) is 0.625. The summed E-state index contributed by atoms with van der Waals surface area (Å²) in [5.74, 6) is 1.82. The first-order valence-electron chi connectivity index (χ1n) is 7.40. The van der Waals surface area contributed by atoms with Gasteiger partial charge in [-0.2, -0.15) is 0 Å². The van der Waals surface area contributed by atoms with Crippen LogP contribution in [0, 0.1) is 11.8 Å². The van der Waals surface area contributed by atoms with Crippen molar-refractivity contribution in [1.82, 2.24) is 5.32 Å². The van der Waals surface area contributed by atoms with Crippen molar-refractivity contribution < 1.29 is 0 Å². The summed E-state index contributed by atoms with van der Waals surface area (Å²) in [6, 6.07) is 6.87. The zero-order valence-corrected chi connectivity index (χ0v) is 12.6. The number of hydrogen-bond acceptors (Lipinski definition) is 2. The van der Waals surface area contributed by atoms with E-state index in [1.807, 2.05) is 7.05 Å². The number of rotatable bonds is 3. The molecule has 3 unspecified atom stereocenters. The van der Waals surface area contributed by atoms with Gasteiger partial charge >= 0.3 is 0 Å². The molecule has 1 N–H and O–H groups in total. The van der Waals surface area contributed by atoms with Gasteiger partial charge < -0.3 is 10.2 Å². The Bertz CT molecular complexity index is 448. The molecule has 2 aliphatic rings. The largest absolute Gasteiger partial charge is 0.370 e. The molecule has 0 radical (unpaired) electrons. The number of nitrogens with zero attached hydrogens (tertiary/aromatic N) is 1. The third-order valence-electron chi connectivity index (χ3n) is 4.97. The normalized spacial score (nSPS) is 27.6. The van der Waals surface area contributed by atoms with Crippen LogP contribution >= 0.6 is 11.6 Å². The summed E-state index contributed by atoms with van der Waals surface area (Å²) < 4.78 is 0. The predicted molar refractivity (Wildman–Crippen MR) is 82.0 cm³/mol. The predicted octanol–water partition coefficient (Wildman–Crippen LogP) is 3.86. The number of anilines is 1. The van der Waals surface area contributed by atoms with E-state index < -0.39 is 0 Å². The van der Waals surface area contributed by atoms with Gasteiger partial charge in [-0.3, -0.25) is 0 Å². The maximum atomic E-state index is 6.50. The van der Waals surface area contributed by atoms with Gasteiger partial charge in [0, 0.05) is 19.1 Å². The summed E-state index contributed by atoms with van der Waals surface area (Å²) in [6.07, 6.45) is 4.25. The molecular weight excluding hydrogens is 256 g/mol. The van der Waals surface area contributed by atoms with Crippen LogP contribution in [0.2, 0.25) is 5.02 Å². The van der Waals surface area contributed by atoms with E-state index >= 15 is 0 Å². The number of fused-ring (bicyclic) bond motifs is 1. The molecule has 1 aromatic carbocycles. The third-order valence-corrected chi connectivity index (χ3v) is 5.27. The van der Waals surface area contributed by atoms with Gasteiger partial charge in [-0.1, -0.05) is 24.1 Å². The lowest BCUT2D eigenvalue weighted by Crippen LogP contribution is -2.21. The van der Waals surface area contributed by atoms with Crippen molar-refractivity contribution in [2.75, 3.05) is 25.0 Å². The third kappa shape index (κ3) is 2.48. The zero-order chi connectivity index (χ0) is 13.4. The van der Waals surface area contributed by atoms with E-state index in [2.05, 4.69) is 35.3 Å². The molecule has 3 heteroatoms. The highest BCUT2D eigenvalue weighted by Gasteiger charge is 2.36. The molecule has 19 heavy (non-hydrogen) atoms. The van der Waals surface area contributed by atoms with Crippen molar-refractivity contribution in [3.05, 3.63) is 28.8 Å². The molecule has 1 heterocycles. The second-order valence-electron chi connectivity index (χ2n) is 6.08. The Balaban J connectivity index is 1.78. The van der Waals surface area contributed by atoms with Crippen LogP contribution in [0.1, 0.15) is 37.8 Å². The van der Waals surface area contributed by atoms with Gasteiger partial charge in [0.05, 0.1) is 10.7 Å². The van der Waals surface area contributed by atoms with E-state index in [1.165, 1.54) is 43.6 Å². The van der Waals surface area contributed by atoms with E-state index in [9.17, 15) is 0 Å². The minimum Gasteiger partial charge on any atom is -0.370 e. The van der Waals surface area contributed by atoms with Gasteiger partial charge in [0.25, 0.3) is 0 Å². The van der Waals surface area contributed by atoms with Crippen molar-refractivity contribution in [3.8, 4) is 0 Å². The lowest BCUT2D eigenvalue weighted by molar-refractivity contribution is 0.494. The highest BCUT2D eigenvalue weighted by molar-refractivity contribution is 6.33. The molecule has 1 aliphatic carbocycles. The molecule has 1 saturated heterocycles. The number of halogens is 1. The number of nitrogens with one attached hydrogen (secondary N) is 1. The van der Waals surface area contributed by atoms with Gasteiger partial charge in [0.1, 0.15) is 0 Å². The lowest BCUT2D eigenvalue weighted by Gasteiger charge is -2.22. The van der Waals surface area contributed by atoms with Crippen molar-refractivity contribution in [3.63, 3.8) is 0 Å². The smallest absolute Gasteiger partial charge is 0.0642 e. The molecule has 0 spiro atoms. The fourth-order valence-corrected chi connectivity index (χ4v) is 3.96. The molecule has 2 nitrogen and oxygen atoms in total. The molecule has 1 aliphatic heterocycles. The Kier molecular flexibility index (Phi) is 3.72. The van der Waals surface area contributed by atoms with Gasteiger partial charge in [0.15, 0.2) is 0 Å². The second-order valence-corrected chi connectivity index (χ2v) is 6.48. The summed E-state index contributed by atoms with van der Waals surface area (Å²) in [6.45, 7) is 4.56. The highest BCUT2D eigenvalue weighted by atomic mass is 35.5. The molecule has 104 valence electrons. The van der Waals surface area contributed by atoms with Crippen LogP contribution < -0.4 is 10.2 Å². The van der Waals surface area contributed by atoms with Crippen LogP contribution in [0.3, 0.4) is 0 Å². The van der Waals surface area contributed by atoms with Crippen LogP contribution in [0.4, 0.5) is 5.69 Å². The minimum absolute atomic E-state index is 0.351. The standard InChI is InChI=1S/C16H23ClN2/c1-11(18-2)12-6-7-16(15(17)8-12)19-9-13-4-3-5-14(13)10-19/h6-8,11,13-14,18H,3-5,9-10H2,1-2H3. The molecule has 2 fully saturated rings. The zero-order valence-electron chi connectivity index (χ0n) is 11.8. The number of benzene rings is 1. The van der Waals surface area contributed by atoms with E-state index in [1.54, 1.807) is 0 Å². The Morgan fingerprint density at radius 3 is 2.53 bits per heavy atom. The quantitative estimate of drug-likeness (QED) is 0.903. The first-order valence-corrected chi connectivity index (χ1v) is 7.78. The number of hydrogen-bond donors (Lipinski definition) is 1. The topological polar surface area (TPSA) is 15.3 Å². The molecule has 0 amide bonds. The lowest BCUT2D eigenvalue weighted by atomic mass is 10.0. The van der Waals surface area contributed by atoms with E-state index in [0.717, 1.165) is 16.9 Å². The monoisotopic (exact) mass is 278 g/mol. The molecule has 3 rings (SSSR count). The van der Waals surface area contributed by atoms with Crippen molar-refractivity contribution in [2.24, 2.45) is 11.8 Å². The maximum Gasteiger partial charge on any atom is 0.0642 e. The first kappa shape index (κ1) is 13.3. The first-order chi connectivity index (χ1) is 9.19. The SMILES string of the molecule is CNC(C)c1ccc(N2CC3CCCC3C2)c(Cl)c1. The van der Waals surface area contributed by atoms with Gasteiger partial charge in [-0.15, -0.1) is 0 Å². The summed E-state index contributed by atoms with van der Waals surface area (Å²) in [7, 11) is 1.98. The Hall–Kier alpha value is -0.730. The van der Waals surface area contributed by atoms with Crippen LogP contribution in [0.5, 0.6) is 0 Å². The van der Waals surface area contributed by atoms with Gasteiger partial charge in [0.2, 0.25) is 0 Å². The second kappa shape index (κ2) is 5.34. The van der Waals surface area contributed by atoms with E-state index in [0.29, 0.717) is 6.04 Å². The Morgan fingerprint density at radius 2 is 1.95 bits per heavy atom. The van der Waals surface area contributed by atoms with Crippen LogP contribution in [0.15, 0.2) is 18.2 Å². The molecule has 0 aromatic heterocycles. The maximum absolute atomic E-state index is 6.50. The highest BCUT2D eigenvalue weighted by Crippen LogP contribution is 2.41. The van der Waals surface area contributed by atoms with Crippen molar-refractivity contribution >= 4 is 17.3 Å². The fourth-order valence-electron chi connectivity index (χ4n) is 3.65. The average molecular weight is 279 g/mol. The molecule has 1 aromatic rings. The molecule has 3 atom stereocenters. The molecule has 0 bridgehead atoms. The summed E-state index contributed by atoms with van der Waals surface area (Å²) in [5.41, 5.74) is 2.48.